The van der Waals surface area contributed by atoms with Gasteiger partial charge in [0.15, 0.2) is 0 Å². The Kier molecular flexibility index (Phi) is 6.16. The van der Waals surface area contributed by atoms with Crippen LogP contribution in [0.1, 0.15) is 5.69 Å². The van der Waals surface area contributed by atoms with Gasteiger partial charge in [0.1, 0.15) is 5.82 Å². The van der Waals surface area contributed by atoms with Gasteiger partial charge in [0, 0.05) is 16.5 Å². The van der Waals surface area contributed by atoms with E-state index in [9.17, 15) is 4.39 Å². The van der Waals surface area contributed by atoms with E-state index in [1.165, 1.54) is 29.4 Å². The lowest BCUT2D eigenvalue weighted by atomic mass is 10.2. The van der Waals surface area contributed by atoms with Crippen molar-refractivity contribution in [2.75, 3.05) is 24.8 Å². The molecule has 0 radical (unpaired) electrons. The lowest BCUT2D eigenvalue weighted by molar-refractivity contribution is 0.0133. The zero-order chi connectivity index (χ0) is 17.6. The number of hydroxylamine groups is 1. The van der Waals surface area contributed by atoms with Gasteiger partial charge in [-0.15, -0.1) is 11.8 Å². The number of hydrogen-bond acceptors (Lipinski definition) is 8. The summed E-state index contributed by atoms with van der Waals surface area (Å²) in [5.41, 5.74) is 4.48. The first kappa shape index (κ1) is 18.0. The van der Waals surface area contributed by atoms with Crippen molar-refractivity contribution < 1.29 is 14.3 Å². The van der Waals surface area contributed by atoms with Crippen molar-refractivity contribution in [2.45, 2.75) is 11.4 Å². The van der Waals surface area contributed by atoms with Gasteiger partial charge in [-0.05, 0) is 36.0 Å². The number of nitrogens with zero attached hydrogens (tertiary/aromatic N) is 2. The quantitative estimate of drug-likeness (QED) is 0.314. The highest BCUT2D eigenvalue weighted by atomic mass is 32.2. The van der Waals surface area contributed by atoms with Crippen LogP contribution in [0.25, 0.3) is 10.1 Å². The number of anilines is 2. The Morgan fingerprint density at radius 3 is 3.00 bits per heavy atom. The molecule has 3 rings (SSSR count). The Morgan fingerprint density at radius 2 is 2.24 bits per heavy atom. The second-order valence-corrected chi connectivity index (χ2v) is 6.74. The predicted molar refractivity (Wildman–Crippen MR) is 98.8 cm³/mol. The maximum atomic E-state index is 14.4. The van der Waals surface area contributed by atoms with Crippen molar-refractivity contribution in [1.82, 2.24) is 14.8 Å². The summed E-state index contributed by atoms with van der Waals surface area (Å²) in [5, 5.41) is 12.8. The Bertz CT molecular complexity index is 859. The molecule has 2 heterocycles. The SMILES string of the molecule is CSc1ccc(Nc2c(CNOCCO)ncc3cnsc23)c(F)c1. The molecule has 0 atom stereocenters. The molecule has 3 N–H and O–H groups in total. The lowest BCUT2D eigenvalue weighted by Gasteiger charge is -2.14. The average molecular weight is 380 g/mol. The van der Waals surface area contributed by atoms with Crippen LogP contribution >= 0.6 is 23.3 Å². The highest BCUT2D eigenvalue weighted by molar-refractivity contribution is 7.98. The minimum atomic E-state index is -0.330. The molecule has 0 fully saturated rings. The van der Waals surface area contributed by atoms with Gasteiger partial charge in [-0.25, -0.2) is 4.39 Å². The van der Waals surface area contributed by atoms with Crippen LogP contribution in [-0.2, 0) is 11.4 Å². The van der Waals surface area contributed by atoms with Crippen molar-refractivity contribution in [3.63, 3.8) is 0 Å². The van der Waals surface area contributed by atoms with Gasteiger partial charge in [-0.1, -0.05) is 0 Å². The van der Waals surface area contributed by atoms with E-state index in [-0.39, 0.29) is 19.0 Å². The van der Waals surface area contributed by atoms with Gasteiger partial charge >= 0.3 is 0 Å². The number of aromatic nitrogens is 2. The zero-order valence-electron chi connectivity index (χ0n) is 13.5. The van der Waals surface area contributed by atoms with Crippen molar-refractivity contribution in [3.05, 3.63) is 42.1 Å². The molecule has 132 valence electrons. The molecule has 1 aromatic carbocycles. The van der Waals surface area contributed by atoms with Crippen LogP contribution in [0.5, 0.6) is 0 Å². The third kappa shape index (κ3) is 4.25. The maximum absolute atomic E-state index is 14.4. The molecule has 9 heteroatoms. The molecule has 25 heavy (non-hydrogen) atoms. The summed E-state index contributed by atoms with van der Waals surface area (Å²) < 4.78 is 19.4. The molecule has 0 saturated carbocycles. The molecule has 0 bridgehead atoms. The third-order valence-electron chi connectivity index (χ3n) is 3.44. The number of benzene rings is 1. The molecular formula is C16H17FN4O2S2. The fraction of sp³-hybridized carbons (Fsp3) is 0.250. The molecule has 3 aromatic rings. The van der Waals surface area contributed by atoms with E-state index in [1.807, 2.05) is 12.3 Å². The van der Waals surface area contributed by atoms with Crippen LogP contribution in [0.4, 0.5) is 15.8 Å². The normalized spacial score (nSPS) is 11.2. The molecule has 0 unspecified atom stereocenters. The summed E-state index contributed by atoms with van der Waals surface area (Å²) in [6, 6.07) is 5.06. The number of pyridine rings is 1. The van der Waals surface area contributed by atoms with Gasteiger partial charge < -0.3 is 10.4 Å². The highest BCUT2D eigenvalue weighted by Gasteiger charge is 2.14. The molecule has 0 aliphatic rings. The number of fused-ring (bicyclic) bond motifs is 1. The number of aliphatic hydroxyl groups excluding tert-OH is 1. The first-order chi connectivity index (χ1) is 12.2. The van der Waals surface area contributed by atoms with E-state index in [0.29, 0.717) is 23.6 Å². The van der Waals surface area contributed by atoms with Gasteiger partial charge in [0.2, 0.25) is 0 Å². The fourth-order valence-corrected chi connectivity index (χ4v) is 3.40. The Morgan fingerprint density at radius 1 is 1.36 bits per heavy atom. The van der Waals surface area contributed by atoms with Gasteiger partial charge in [-0.3, -0.25) is 9.82 Å². The molecule has 0 spiro atoms. The van der Waals surface area contributed by atoms with E-state index in [4.69, 9.17) is 9.94 Å². The van der Waals surface area contributed by atoms with E-state index >= 15 is 0 Å². The van der Waals surface area contributed by atoms with E-state index < -0.39 is 0 Å². The van der Waals surface area contributed by atoms with Crippen LogP contribution in [0.3, 0.4) is 0 Å². The van der Waals surface area contributed by atoms with E-state index in [1.54, 1.807) is 18.5 Å². The topological polar surface area (TPSA) is 79.3 Å². The highest BCUT2D eigenvalue weighted by Crippen LogP contribution is 2.33. The van der Waals surface area contributed by atoms with Gasteiger partial charge in [0.25, 0.3) is 0 Å². The monoisotopic (exact) mass is 380 g/mol. The number of hydrogen-bond donors (Lipinski definition) is 3. The van der Waals surface area contributed by atoms with Crippen LogP contribution < -0.4 is 10.8 Å². The average Bonchev–Trinajstić information content (AvgIpc) is 3.10. The maximum Gasteiger partial charge on any atom is 0.147 e. The Hall–Kier alpha value is -1.78. The van der Waals surface area contributed by atoms with Crippen LogP contribution in [0.2, 0.25) is 0 Å². The minimum Gasteiger partial charge on any atom is -0.394 e. The van der Waals surface area contributed by atoms with Gasteiger partial charge in [0.05, 0.1) is 47.7 Å². The van der Waals surface area contributed by atoms with Crippen molar-refractivity contribution >= 4 is 44.8 Å². The second kappa shape index (κ2) is 8.54. The summed E-state index contributed by atoms with van der Waals surface area (Å²) >= 11 is 2.80. The van der Waals surface area contributed by atoms with Crippen molar-refractivity contribution in [2.24, 2.45) is 0 Å². The summed E-state index contributed by atoms with van der Waals surface area (Å²) in [6.45, 7) is 0.406. The summed E-state index contributed by atoms with van der Waals surface area (Å²) in [6.07, 6.45) is 5.35. The van der Waals surface area contributed by atoms with Crippen molar-refractivity contribution in [3.8, 4) is 0 Å². The molecule has 2 aromatic heterocycles. The van der Waals surface area contributed by atoms with E-state index in [0.717, 1.165) is 15.0 Å². The standard InChI is InChI=1S/C16H17FN4O2S2/c1-24-11-2-3-13(12(17)6-11)21-15-14(9-19-23-5-4-22)18-7-10-8-20-25-16(10)15/h2-3,6-8,19,21-22H,4-5,9H2,1H3. The second-order valence-electron chi connectivity index (χ2n) is 5.05. The van der Waals surface area contributed by atoms with Crippen LogP contribution in [-0.4, -0.2) is 33.9 Å². The predicted octanol–water partition coefficient (Wildman–Crippen LogP) is 3.31. The number of nitrogens with one attached hydrogen (secondary N) is 2. The first-order valence-electron chi connectivity index (χ1n) is 7.51. The zero-order valence-corrected chi connectivity index (χ0v) is 15.1. The van der Waals surface area contributed by atoms with E-state index in [2.05, 4.69) is 20.2 Å². The molecule has 0 aliphatic heterocycles. The number of thioether (sulfide) groups is 1. The molecule has 0 aliphatic carbocycles. The summed E-state index contributed by atoms with van der Waals surface area (Å²) in [4.78, 5) is 10.3. The fourth-order valence-electron chi connectivity index (χ4n) is 2.23. The van der Waals surface area contributed by atoms with Crippen LogP contribution in [0.15, 0.2) is 35.5 Å². The Balaban J connectivity index is 1.91. The largest absolute Gasteiger partial charge is 0.394 e. The molecule has 6 nitrogen and oxygen atoms in total. The van der Waals surface area contributed by atoms with Gasteiger partial charge in [-0.2, -0.15) is 9.85 Å². The summed E-state index contributed by atoms with van der Waals surface area (Å²) in [7, 11) is 0. The smallest absolute Gasteiger partial charge is 0.147 e. The number of halogens is 1. The number of rotatable bonds is 8. The molecular weight excluding hydrogens is 363 g/mol. The molecule has 0 saturated heterocycles. The summed E-state index contributed by atoms with van der Waals surface area (Å²) in [5.74, 6) is -0.330. The van der Waals surface area contributed by atoms with Crippen LogP contribution in [0, 0.1) is 5.82 Å². The van der Waals surface area contributed by atoms with Crippen molar-refractivity contribution in [1.29, 1.82) is 0 Å². The molecule has 0 amide bonds. The number of aliphatic hydroxyl groups is 1. The first-order valence-corrected chi connectivity index (χ1v) is 9.51. The lowest BCUT2D eigenvalue weighted by Crippen LogP contribution is -2.18. The third-order valence-corrected chi connectivity index (χ3v) is 5.00. The Labute approximate surface area is 152 Å². The minimum absolute atomic E-state index is 0.0770.